The van der Waals surface area contributed by atoms with E-state index >= 15 is 0 Å². The van der Waals surface area contributed by atoms with Gasteiger partial charge in [-0.05, 0) is 32.3 Å². The minimum Gasteiger partial charge on any atom is -0.376 e. The third kappa shape index (κ3) is 2.78. The van der Waals surface area contributed by atoms with Gasteiger partial charge in [0.25, 0.3) is 0 Å². The lowest BCUT2D eigenvalue weighted by atomic mass is 10.1. The first-order valence-corrected chi connectivity index (χ1v) is 7.74. The summed E-state index contributed by atoms with van der Waals surface area (Å²) in [6.07, 6.45) is 5.29. The summed E-state index contributed by atoms with van der Waals surface area (Å²) in [6.45, 7) is 3.50. The third-order valence-electron chi connectivity index (χ3n) is 3.60. The Kier molecular flexibility index (Phi) is 4.15. The van der Waals surface area contributed by atoms with E-state index in [2.05, 4.69) is 14.5 Å². The molecule has 0 N–H and O–H groups in total. The average molecular weight is 314 g/mol. The number of imidazole rings is 1. The lowest BCUT2D eigenvalue weighted by molar-refractivity contribution is 0.00610. The van der Waals surface area contributed by atoms with Crippen LogP contribution in [0.2, 0.25) is 5.02 Å². The SMILES string of the molecule is CC(Cl)c1nc2cc(Cl)cnc2n1CC1CCCCO1. The zero-order valence-corrected chi connectivity index (χ0v) is 12.9. The summed E-state index contributed by atoms with van der Waals surface area (Å²) in [5.41, 5.74) is 1.61. The van der Waals surface area contributed by atoms with Crippen LogP contribution in [0.1, 0.15) is 37.4 Å². The van der Waals surface area contributed by atoms with Crippen molar-refractivity contribution in [3.63, 3.8) is 0 Å². The van der Waals surface area contributed by atoms with Crippen LogP contribution in [-0.4, -0.2) is 27.2 Å². The van der Waals surface area contributed by atoms with E-state index in [0.29, 0.717) is 5.02 Å². The number of hydrogen-bond acceptors (Lipinski definition) is 3. The number of hydrogen-bond donors (Lipinski definition) is 0. The molecule has 0 spiro atoms. The molecule has 4 nitrogen and oxygen atoms in total. The molecular weight excluding hydrogens is 297 g/mol. The van der Waals surface area contributed by atoms with E-state index in [4.69, 9.17) is 27.9 Å². The van der Waals surface area contributed by atoms with Gasteiger partial charge in [-0.3, -0.25) is 0 Å². The highest BCUT2D eigenvalue weighted by molar-refractivity contribution is 6.31. The van der Waals surface area contributed by atoms with Crippen LogP contribution >= 0.6 is 23.2 Å². The Balaban J connectivity index is 1.99. The molecule has 0 amide bonds. The number of ether oxygens (including phenoxy) is 1. The Labute approximate surface area is 128 Å². The molecule has 2 aromatic heterocycles. The maximum Gasteiger partial charge on any atom is 0.160 e. The number of fused-ring (bicyclic) bond motifs is 1. The maximum absolute atomic E-state index is 6.25. The van der Waals surface area contributed by atoms with E-state index in [-0.39, 0.29) is 11.5 Å². The first kappa shape index (κ1) is 14.1. The molecule has 3 rings (SSSR count). The standard InChI is InChI=1S/C14H17Cl2N3O/c1-9(15)13-18-12-6-10(16)7-17-14(12)19(13)8-11-4-2-3-5-20-11/h6-7,9,11H,2-5,8H2,1H3. The number of alkyl halides is 1. The molecule has 1 saturated heterocycles. The zero-order valence-electron chi connectivity index (χ0n) is 11.4. The van der Waals surface area contributed by atoms with Crippen LogP contribution in [0, 0.1) is 0 Å². The second-order valence-electron chi connectivity index (χ2n) is 5.18. The third-order valence-corrected chi connectivity index (χ3v) is 4.00. The molecule has 6 heteroatoms. The van der Waals surface area contributed by atoms with Gasteiger partial charge in [0.1, 0.15) is 11.3 Å². The fourth-order valence-electron chi connectivity index (χ4n) is 2.64. The van der Waals surface area contributed by atoms with E-state index in [1.165, 1.54) is 6.42 Å². The highest BCUT2D eigenvalue weighted by Crippen LogP contribution is 2.26. The van der Waals surface area contributed by atoms with Gasteiger partial charge < -0.3 is 9.30 Å². The van der Waals surface area contributed by atoms with Gasteiger partial charge in [-0.15, -0.1) is 11.6 Å². The Morgan fingerprint density at radius 1 is 1.50 bits per heavy atom. The van der Waals surface area contributed by atoms with Crippen molar-refractivity contribution in [2.75, 3.05) is 6.61 Å². The summed E-state index contributed by atoms with van der Waals surface area (Å²) < 4.78 is 7.88. The predicted molar refractivity (Wildman–Crippen MR) is 80.4 cm³/mol. The van der Waals surface area contributed by atoms with E-state index < -0.39 is 0 Å². The number of pyridine rings is 1. The van der Waals surface area contributed by atoms with Crippen molar-refractivity contribution in [3.05, 3.63) is 23.1 Å². The topological polar surface area (TPSA) is 39.9 Å². The summed E-state index contributed by atoms with van der Waals surface area (Å²) in [4.78, 5) is 8.97. The van der Waals surface area contributed by atoms with Crippen LogP contribution in [0.3, 0.4) is 0 Å². The van der Waals surface area contributed by atoms with Crippen molar-refractivity contribution in [2.45, 2.75) is 44.2 Å². The molecule has 0 saturated carbocycles. The van der Waals surface area contributed by atoms with Crippen molar-refractivity contribution in [1.29, 1.82) is 0 Å². The largest absolute Gasteiger partial charge is 0.376 e. The molecule has 0 aromatic carbocycles. The van der Waals surface area contributed by atoms with Gasteiger partial charge in [0.05, 0.1) is 23.0 Å². The maximum atomic E-state index is 6.25. The van der Waals surface area contributed by atoms with E-state index in [1.54, 1.807) is 6.20 Å². The Morgan fingerprint density at radius 2 is 2.35 bits per heavy atom. The lowest BCUT2D eigenvalue weighted by Gasteiger charge is -2.24. The summed E-state index contributed by atoms with van der Waals surface area (Å²) in [5.74, 6) is 0.825. The molecule has 1 aliphatic heterocycles. The van der Waals surface area contributed by atoms with Crippen molar-refractivity contribution in [2.24, 2.45) is 0 Å². The Bertz CT molecular complexity index is 606. The van der Waals surface area contributed by atoms with Gasteiger partial charge in [0, 0.05) is 12.8 Å². The second kappa shape index (κ2) is 5.88. The molecule has 2 unspecified atom stereocenters. The monoisotopic (exact) mass is 313 g/mol. The molecule has 0 aliphatic carbocycles. The van der Waals surface area contributed by atoms with Crippen molar-refractivity contribution >= 4 is 34.4 Å². The number of halogens is 2. The quantitative estimate of drug-likeness (QED) is 0.805. The molecule has 2 atom stereocenters. The number of aromatic nitrogens is 3. The lowest BCUT2D eigenvalue weighted by Crippen LogP contribution is -2.25. The van der Waals surface area contributed by atoms with Gasteiger partial charge >= 0.3 is 0 Å². The van der Waals surface area contributed by atoms with E-state index in [0.717, 1.165) is 43.0 Å². The zero-order chi connectivity index (χ0) is 14.1. The Hall–Kier alpha value is -0.840. The molecule has 0 radical (unpaired) electrons. The summed E-state index contributed by atoms with van der Waals surface area (Å²) in [6, 6.07) is 1.82. The van der Waals surface area contributed by atoms with Gasteiger partial charge in [-0.2, -0.15) is 0 Å². The molecule has 108 valence electrons. The summed E-state index contributed by atoms with van der Waals surface area (Å²) in [7, 11) is 0. The summed E-state index contributed by atoms with van der Waals surface area (Å²) >= 11 is 12.2. The first-order valence-electron chi connectivity index (χ1n) is 6.92. The Morgan fingerprint density at radius 3 is 3.05 bits per heavy atom. The fraction of sp³-hybridized carbons (Fsp3) is 0.571. The average Bonchev–Trinajstić information content (AvgIpc) is 2.78. The van der Waals surface area contributed by atoms with Gasteiger partial charge in [-0.25, -0.2) is 9.97 Å². The van der Waals surface area contributed by atoms with Crippen LogP contribution in [-0.2, 0) is 11.3 Å². The molecule has 2 aromatic rings. The second-order valence-corrected chi connectivity index (χ2v) is 6.27. The minimum absolute atomic E-state index is 0.174. The van der Waals surface area contributed by atoms with Crippen molar-refractivity contribution in [3.8, 4) is 0 Å². The van der Waals surface area contributed by atoms with Crippen LogP contribution in [0.4, 0.5) is 0 Å². The number of rotatable bonds is 3. The highest BCUT2D eigenvalue weighted by atomic mass is 35.5. The van der Waals surface area contributed by atoms with Crippen LogP contribution in [0.15, 0.2) is 12.3 Å². The summed E-state index contributed by atoms with van der Waals surface area (Å²) in [5, 5.41) is 0.413. The van der Waals surface area contributed by atoms with E-state index in [9.17, 15) is 0 Å². The van der Waals surface area contributed by atoms with Gasteiger partial charge in [0.2, 0.25) is 0 Å². The smallest absolute Gasteiger partial charge is 0.160 e. The molecule has 3 heterocycles. The van der Waals surface area contributed by atoms with Gasteiger partial charge in [-0.1, -0.05) is 11.6 Å². The molecule has 1 fully saturated rings. The minimum atomic E-state index is -0.174. The molecule has 1 aliphatic rings. The fourth-order valence-corrected chi connectivity index (χ4v) is 2.96. The molecule has 20 heavy (non-hydrogen) atoms. The number of nitrogens with zero attached hydrogens (tertiary/aromatic N) is 3. The highest BCUT2D eigenvalue weighted by Gasteiger charge is 2.21. The molecule has 0 bridgehead atoms. The van der Waals surface area contributed by atoms with Crippen molar-refractivity contribution < 1.29 is 4.74 Å². The normalized spacial score (nSPS) is 21.2. The van der Waals surface area contributed by atoms with Crippen LogP contribution < -0.4 is 0 Å². The predicted octanol–water partition coefficient (Wildman–Crippen LogP) is 3.95. The van der Waals surface area contributed by atoms with E-state index in [1.807, 2.05) is 13.0 Å². The van der Waals surface area contributed by atoms with Gasteiger partial charge in [0.15, 0.2) is 5.65 Å². The van der Waals surface area contributed by atoms with Crippen LogP contribution in [0.25, 0.3) is 11.2 Å². The van der Waals surface area contributed by atoms with Crippen LogP contribution in [0.5, 0.6) is 0 Å². The molecular formula is C14H17Cl2N3O. The first-order chi connectivity index (χ1) is 9.65. The van der Waals surface area contributed by atoms with Crippen molar-refractivity contribution in [1.82, 2.24) is 14.5 Å².